The molecule has 0 bridgehead atoms. The van der Waals surface area contributed by atoms with Gasteiger partial charge in [-0.15, -0.1) is 0 Å². The Hall–Kier alpha value is -3.28. The van der Waals surface area contributed by atoms with E-state index in [1.807, 2.05) is 49.4 Å². The first kappa shape index (κ1) is 17.5. The van der Waals surface area contributed by atoms with Crippen molar-refractivity contribution >= 4 is 11.6 Å². The molecule has 6 heteroatoms. The minimum atomic E-state index is 0.516. The molecule has 0 amide bonds. The van der Waals surface area contributed by atoms with Gasteiger partial charge in [0.15, 0.2) is 11.5 Å². The highest BCUT2D eigenvalue weighted by Crippen LogP contribution is 2.40. The standard InChI is InChI=1S/C20H21N3O3/c1-13-6-5-7-15(10-13)22-20-21-9-8-16(23-20)14-11-17(24-2)19(26-4)18(12-14)25-3/h5-12H,1-4H3,(H,21,22,23). The third-order valence-electron chi connectivity index (χ3n) is 3.89. The molecule has 134 valence electrons. The summed E-state index contributed by atoms with van der Waals surface area (Å²) in [4.78, 5) is 8.90. The van der Waals surface area contributed by atoms with Crippen LogP contribution >= 0.6 is 0 Å². The number of hydrogen-bond donors (Lipinski definition) is 1. The van der Waals surface area contributed by atoms with Gasteiger partial charge >= 0.3 is 0 Å². The lowest BCUT2D eigenvalue weighted by Gasteiger charge is -2.14. The zero-order valence-electron chi connectivity index (χ0n) is 15.2. The number of aromatic nitrogens is 2. The molecule has 3 rings (SSSR count). The number of aryl methyl sites for hydroxylation is 1. The maximum absolute atomic E-state index is 5.42. The molecule has 0 atom stereocenters. The summed E-state index contributed by atoms with van der Waals surface area (Å²) in [5.41, 5.74) is 3.69. The van der Waals surface area contributed by atoms with Gasteiger partial charge in [0.2, 0.25) is 11.7 Å². The number of ether oxygens (including phenoxy) is 3. The van der Waals surface area contributed by atoms with Crippen LogP contribution in [-0.4, -0.2) is 31.3 Å². The monoisotopic (exact) mass is 351 g/mol. The number of nitrogens with zero attached hydrogens (tertiary/aromatic N) is 2. The van der Waals surface area contributed by atoms with Crippen molar-refractivity contribution < 1.29 is 14.2 Å². The maximum atomic E-state index is 5.42. The molecule has 0 unspecified atom stereocenters. The Morgan fingerprint density at radius 2 is 1.62 bits per heavy atom. The smallest absolute Gasteiger partial charge is 0.227 e. The fraction of sp³-hybridized carbons (Fsp3) is 0.200. The van der Waals surface area contributed by atoms with Gasteiger partial charge in [0, 0.05) is 17.4 Å². The summed E-state index contributed by atoms with van der Waals surface area (Å²) < 4.78 is 16.2. The number of rotatable bonds is 6. The molecule has 0 saturated carbocycles. The molecule has 0 radical (unpaired) electrons. The fourth-order valence-corrected chi connectivity index (χ4v) is 2.66. The van der Waals surface area contributed by atoms with Gasteiger partial charge in [-0.25, -0.2) is 9.97 Å². The lowest BCUT2D eigenvalue weighted by Crippen LogP contribution is -1.99. The van der Waals surface area contributed by atoms with Gasteiger partial charge in [-0.1, -0.05) is 12.1 Å². The second kappa shape index (κ2) is 7.74. The Balaban J connectivity index is 1.97. The van der Waals surface area contributed by atoms with Gasteiger partial charge in [0.05, 0.1) is 27.0 Å². The van der Waals surface area contributed by atoms with Gasteiger partial charge < -0.3 is 19.5 Å². The van der Waals surface area contributed by atoms with E-state index in [0.717, 1.165) is 22.5 Å². The van der Waals surface area contributed by atoms with Crippen LogP contribution in [-0.2, 0) is 0 Å². The quantitative estimate of drug-likeness (QED) is 0.717. The Bertz CT molecular complexity index is 887. The summed E-state index contributed by atoms with van der Waals surface area (Å²) in [6.45, 7) is 2.04. The van der Waals surface area contributed by atoms with Crippen LogP contribution in [0.25, 0.3) is 11.3 Å². The Kier molecular flexibility index (Phi) is 5.22. The van der Waals surface area contributed by atoms with E-state index in [-0.39, 0.29) is 0 Å². The number of anilines is 2. The third kappa shape index (κ3) is 3.69. The van der Waals surface area contributed by atoms with E-state index in [1.165, 1.54) is 0 Å². The summed E-state index contributed by atoms with van der Waals surface area (Å²) in [6, 6.07) is 13.6. The van der Waals surface area contributed by atoms with Crippen molar-refractivity contribution in [3.05, 3.63) is 54.2 Å². The average Bonchev–Trinajstić information content (AvgIpc) is 2.67. The molecule has 6 nitrogen and oxygen atoms in total. The van der Waals surface area contributed by atoms with Crippen molar-refractivity contribution in [1.29, 1.82) is 0 Å². The molecule has 0 saturated heterocycles. The minimum Gasteiger partial charge on any atom is -0.493 e. The zero-order valence-corrected chi connectivity index (χ0v) is 15.2. The Labute approximate surface area is 152 Å². The lowest BCUT2D eigenvalue weighted by molar-refractivity contribution is 0.324. The highest BCUT2D eigenvalue weighted by atomic mass is 16.5. The number of benzene rings is 2. The van der Waals surface area contributed by atoms with Crippen LogP contribution in [0.4, 0.5) is 11.6 Å². The summed E-state index contributed by atoms with van der Waals surface area (Å²) in [5.74, 6) is 2.22. The molecule has 26 heavy (non-hydrogen) atoms. The van der Waals surface area contributed by atoms with Crippen molar-refractivity contribution in [3.8, 4) is 28.5 Å². The first-order chi connectivity index (χ1) is 12.6. The van der Waals surface area contributed by atoms with Crippen LogP contribution in [0, 0.1) is 6.92 Å². The molecule has 1 aromatic heterocycles. The topological polar surface area (TPSA) is 65.5 Å². The van der Waals surface area contributed by atoms with Crippen LogP contribution in [0.5, 0.6) is 17.2 Å². The highest BCUT2D eigenvalue weighted by molar-refractivity contribution is 5.69. The molecule has 2 aromatic carbocycles. The van der Waals surface area contributed by atoms with Crippen LogP contribution < -0.4 is 19.5 Å². The van der Waals surface area contributed by atoms with Gasteiger partial charge in [-0.05, 0) is 42.8 Å². The summed E-state index contributed by atoms with van der Waals surface area (Å²) >= 11 is 0. The first-order valence-electron chi connectivity index (χ1n) is 8.11. The zero-order chi connectivity index (χ0) is 18.5. The Morgan fingerprint density at radius 3 is 2.23 bits per heavy atom. The van der Waals surface area contributed by atoms with Crippen molar-refractivity contribution in [2.45, 2.75) is 6.92 Å². The predicted molar refractivity (Wildman–Crippen MR) is 102 cm³/mol. The van der Waals surface area contributed by atoms with E-state index in [4.69, 9.17) is 14.2 Å². The van der Waals surface area contributed by atoms with E-state index in [0.29, 0.717) is 23.2 Å². The van der Waals surface area contributed by atoms with E-state index >= 15 is 0 Å². The van der Waals surface area contributed by atoms with Crippen LogP contribution in [0.15, 0.2) is 48.7 Å². The maximum Gasteiger partial charge on any atom is 0.227 e. The van der Waals surface area contributed by atoms with Gasteiger partial charge in [0.1, 0.15) is 0 Å². The average molecular weight is 351 g/mol. The predicted octanol–water partition coefficient (Wildman–Crippen LogP) is 4.22. The molecular formula is C20H21N3O3. The molecule has 0 aliphatic rings. The Morgan fingerprint density at radius 1 is 0.885 bits per heavy atom. The second-order valence-corrected chi connectivity index (χ2v) is 5.67. The SMILES string of the molecule is COc1cc(-c2ccnc(Nc3cccc(C)c3)n2)cc(OC)c1OC. The van der Waals surface area contributed by atoms with Crippen molar-refractivity contribution in [2.75, 3.05) is 26.6 Å². The molecule has 1 N–H and O–H groups in total. The van der Waals surface area contributed by atoms with E-state index in [2.05, 4.69) is 15.3 Å². The molecule has 0 aliphatic heterocycles. The summed E-state index contributed by atoms with van der Waals surface area (Å²) in [5, 5.41) is 3.23. The largest absolute Gasteiger partial charge is 0.493 e. The van der Waals surface area contributed by atoms with E-state index in [1.54, 1.807) is 27.5 Å². The second-order valence-electron chi connectivity index (χ2n) is 5.67. The normalized spacial score (nSPS) is 10.3. The first-order valence-corrected chi connectivity index (χ1v) is 8.11. The van der Waals surface area contributed by atoms with E-state index in [9.17, 15) is 0 Å². The van der Waals surface area contributed by atoms with Crippen LogP contribution in [0.3, 0.4) is 0 Å². The van der Waals surface area contributed by atoms with Gasteiger partial charge in [-0.2, -0.15) is 0 Å². The van der Waals surface area contributed by atoms with E-state index < -0.39 is 0 Å². The summed E-state index contributed by atoms with van der Waals surface area (Å²) in [7, 11) is 4.76. The number of hydrogen-bond acceptors (Lipinski definition) is 6. The van der Waals surface area contributed by atoms with Crippen LogP contribution in [0.1, 0.15) is 5.56 Å². The molecule has 0 spiro atoms. The molecule has 0 aliphatic carbocycles. The molecular weight excluding hydrogens is 330 g/mol. The number of methoxy groups -OCH3 is 3. The van der Waals surface area contributed by atoms with Gasteiger partial charge in [0.25, 0.3) is 0 Å². The van der Waals surface area contributed by atoms with Crippen molar-refractivity contribution in [1.82, 2.24) is 9.97 Å². The number of nitrogens with one attached hydrogen (secondary N) is 1. The van der Waals surface area contributed by atoms with Crippen molar-refractivity contribution in [3.63, 3.8) is 0 Å². The minimum absolute atomic E-state index is 0.516. The summed E-state index contributed by atoms with van der Waals surface area (Å²) in [6.07, 6.45) is 1.71. The highest BCUT2D eigenvalue weighted by Gasteiger charge is 2.15. The van der Waals surface area contributed by atoms with Crippen molar-refractivity contribution in [2.24, 2.45) is 0 Å². The lowest BCUT2D eigenvalue weighted by atomic mass is 10.1. The van der Waals surface area contributed by atoms with Gasteiger partial charge in [-0.3, -0.25) is 0 Å². The molecule has 3 aromatic rings. The molecule has 1 heterocycles. The fourth-order valence-electron chi connectivity index (χ4n) is 2.66. The molecule has 0 fully saturated rings. The van der Waals surface area contributed by atoms with Crippen LogP contribution in [0.2, 0.25) is 0 Å². The third-order valence-corrected chi connectivity index (χ3v) is 3.89.